The van der Waals surface area contributed by atoms with Gasteiger partial charge < -0.3 is 5.32 Å². The molecule has 0 bridgehead atoms. The second-order valence-electron chi connectivity index (χ2n) is 4.56. The predicted molar refractivity (Wildman–Crippen MR) is 93.3 cm³/mol. The third-order valence-electron chi connectivity index (χ3n) is 2.97. The second-order valence-corrected chi connectivity index (χ2v) is 6.20. The first kappa shape index (κ1) is 16.5. The van der Waals surface area contributed by atoms with Crippen LogP contribution in [0.1, 0.15) is 26.0 Å². The molecule has 112 valence electrons. The van der Waals surface area contributed by atoms with Crippen molar-refractivity contribution in [3.8, 4) is 11.4 Å². The summed E-state index contributed by atoms with van der Waals surface area (Å²) in [6, 6.07) is 5.34. The molecule has 0 radical (unpaired) electrons. The summed E-state index contributed by atoms with van der Waals surface area (Å²) >= 11 is 15.8. The second kappa shape index (κ2) is 7.43. The summed E-state index contributed by atoms with van der Waals surface area (Å²) < 4.78 is 0.910. The van der Waals surface area contributed by atoms with Gasteiger partial charge in [0.05, 0.1) is 15.2 Å². The van der Waals surface area contributed by atoms with E-state index in [-0.39, 0.29) is 0 Å². The van der Waals surface area contributed by atoms with Gasteiger partial charge in [-0.1, -0.05) is 37.0 Å². The highest BCUT2D eigenvalue weighted by molar-refractivity contribution is 9.10. The molecule has 0 unspecified atom stereocenters. The van der Waals surface area contributed by atoms with Gasteiger partial charge in [-0.25, -0.2) is 9.97 Å². The van der Waals surface area contributed by atoms with E-state index >= 15 is 0 Å². The summed E-state index contributed by atoms with van der Waals surface area (Å²) in [6.07, 6.45) is 1.83. The average Bonchev–Trinajstić information content (AvgIpc) is 2.46. The summed E-state index contributed by atoms with van der Waals surface area (Å²) in [5.74, 6) is 1.40. The number of halogens is 3. The molecule has 0 aliphatic heterocycles. The molecular formula is C15H16BrCl2N3. The van der Waals surface area contributed by atoms with E-state index in [4.69, 9.17) is 23.2 Å². The van der Waals surface area contributed by atoms with Crippen molar-refractivity contribution < 1.29 is 0 Å². The number of nitrogens with one attached hydrogen (secondary N) is 1. The van der Waals surface area contributed by atoms with E-state index in [1.807, 2.05) is 6.07 Å². The first-order valence-corrected chi connectivity index (χ1v) is 8.37. The fraction of sp³-hybridized carbons (Fsp3) is 0.333. The quantitative estimate of drug-likeness (QED) is 0.724. The Labute approximate surface area is 143 Å². The molecule has 0 atom stereocenters. The molecule has 2 aromatic rings. The van der Waals surface area contributed by atoms with Crippen molar-refractivity contribution in [1.82, 2.24) is 9.97 Å². The van der Waals surface area contributed by atoms with Crippen molar-refractivity contribution in [2.75, 3.05) is 11.9 Å². The summed E-state index contributed by atoms with van der Waals surface area (Å²) in [5.41, 5.74) is 1.73. The lowest BCUT2D eigenvalue weighted by atomic mass is 10.2. The van der Waals surface area contributed by atoms with Crippen molar-refractivity contribution in [3.63, 3.8) is 0 Å². The largest absolute Gasteiger partial charge is 0.369 e. The third kappa shape index (κ3) is 3.87. The van der Waals surface area contributed by atoms with E-state index in [0.29, 0.717) is 15.9 Å². The Hall–Kier alpha value is -0.840. The smallest absolute Gasteiger partial charge is 0.163 e. The normalized spacial score (nSPS) is 10.7. The Bertz CT molecular complexity index is 647. The molecule has 0 aliphatic rings. The number of anilines is 1. The van der Waals surface area contributed by atoms with Crippen LogP contribution >= 0.6 is 39.1 Å². The summed E-state index contributed by atoms with van der Waals surface area (Å²) in [4.78, 5) is 9.18. The minimum Gasteiger partial charge on any atom is -0.369 e. The molecule has 0 saturated carbocycles. The van der Waals surface area contributed by atoms with Crippen LogP contribution in [0.4, 0.5) is 5.82 Å². The minimum absolute atomic E-state index is 0.549. The minimum atomic E-state index is 0.549. The zero-order valence-electron chi connectivity index (χ0n) is 11.9. The van der Waals surface area contributed by atoms with Crippen LogP contribution < -0.4 is 5.32 Å². The van der Waals surface area contributed by atoms with Gasteiger partial charge in [-0.05, 0) is 47.0 Å². The van der Waals surface area contributed by atoms with Gasteiger partial charge in [0.2, 0.25) is 0 Å². The molecule has 0 fully saturated rings. The van der Waals surface area contributed by atoms with E-state index < -0.39 is 0 Å². The van der Waals surface area contributed by atoms with Crippen LogP contribution in [0.25, 0.3) is 11.4 Å². The Morgan fingerprint density at radius 1 is 1.19 bits per heavy atom. The number of rotatable bonds is 5. The Kier molecular flexibility index (Phi) is 5.85. The van der Waals surface area contributed by atoms with Crippen LogP contribution in [0.2, 0.25) is 10.0 Å². The van der Waals surface area contributed by atoms with Crippen LogP contribution in [0.3, 0.4) is 0 Å². The summed E-state index contributed by atoms with van der Waals surface area (Å²) in [6.45, 7) is 5.02. The molecule has 3 nitrogen and oxygen atoms in total. The molecule has 1 aromatic carbocycles. The molecule has 0 amide bonds. The maximum absolute atomic E-state index is 6.26. The van der Waals surface area contributed by atoms with Gasteiger partial charge >= 0.3 is 0 Å². The predicted octanol–water partition coefficient (Wildman–Crippen LogP) is 5.60. The maximum atomic E-state index is 6.26. The first-order valence-electron chi connectivity index (χ1n) is 6.82. The van der Waals surface area contributed by atoms with Gasteiger partial charge in [-0.15, -0.1) is 0 Å². The topological polar surface area (TPSA) is 37.8 Å². The lowest BCUT2D eigenvalue weighted by molar-refractivity contribution is 0.944. The SMILES string of the molecule is CCCNc1nc(-c2ccc(Cl)cc2Cl)nc(CC)c1Br. The maximum Gasteiger partial charge on any atom is 0.163 e. The van der Waals surface area contributed by atoms with Gasteiger partial charge in [-0.3, -0.25) is 0 Å². The number of hydrogen-bond acceptors (Lipinski definition) is 3. The van der Waals surface area contributed by atoms with E-state index in [2.05, 4.69) is 45.1 Å². The summed E-state index contributed by atoms with van der Waals surface area (Å²) in [7, 11) is 0. The molecule has 1 heterocycles. The van der Waals surface area contributed by atoms with Crippen LogP contribution in [0, 0.1) is 0 Å². The highest BCUT2D eigenvalue weighted by atomic mass is 79.9. The zero-order chi connectivity index (χ0) is 15.4. The van der Waals surface area contributed by atoms with Gasteiger partial charge in [0.25, 0.3) is 0 Å². The molecule has 1 N–H and O–H groups in total. The van der Waals surface area contributed by atoms with Crippen molar-refractivity contribution in [2.24, 2.45) is 0 Å². The molecule has 2 rings (SSSR count). The fourth-order valence-corrected chi connectivity index (χ4v) is 2.97. The Morgan fingerprint density at radius 2 is 1.95 bits per heavy atom. The molecule has 6 heteroatoms. The fourth-order valence-electron chi connectivity index (χ4n) is 1.88. The number of aryl methyl sites for hydroxylation is 1. The van der Waals surface area contributed by atoms with Crippen LogP contribution in [-0.2, 0) is 6.42 Å². The Balaban J connectivity index is 2.52. The standard InChI is InChI=1S/C15H16BrCl2N3/c1-3-7-19-15-13(16)12(4-2)20-14(21-15)10-6-5-9(17)8-11(10)18/h5-6,8H,3-4,7H2,1-2H3,(H,19,20,21). The van der Waals surface area contributed by atoms with Gasteiger partial charge in [-0.2, -0.15) is 0 Å². The highest BCUT2D eigenvalue weighted by Gasteiger charge is 2.14. The lowest BCUT2D eigenvalue weighted by Gasteiger charge is -2.12. The van der Waals surface area contributed by atoms with Gasteiger partial charge in [0, 0.05) is 17.1 Å². The molecule has 1 aromatic heterocycles. The summed E-state index contributed by atoms with van der Waals surface area (Å²) in [5, 5.41) is 4.46. The molecule has 0 saturated heterocycles. The van der Waals surface area contributed by atoms with Crippen LogP contribution in [0.5, 0.6) is 0 Å². The van der Waals surface area contributed by atoms with Crippen LogP contribution in [-0.4, -0.2) is 16.5 Å². The monoisotopic (exact) mass is 387 g/mol. The van der Waals surface area contributed by atoms with E-state index in [1.165, 1.54) is 0 Å². The average molecular weight is 389 g/mol. The van der Waals surface area contributed by atoms with Crippen molar-refractivity contribution in [2.45, 2.75) is 26.7 Å². The van der Waals surface area contributed by atoms with Crippen molar-refractivity contribution in [1.29, 1.82) is 0 Å². The number of benzene rings is 1. The Morgan fingerprint density at radius 3 is 2.57 bits per heavy atom. The zero-order valence-corrected chi connectivity index (χ0v) is 15.0. The molecule has 0 spiro atoms. The third-order valence-corrected chi connectivity index (χ3v) is 4.35. The van der Waals surface area contributed by atoms with Gasteiger partial charge in [0.15, 0.2) is 5.82 Å². The van der Waals surface area contributed by atoms with E-state index in [0.717, 1.165) is 40.9 Å². The van der Waals surface area contributed by atoms with E-state index in [9.17, 15) is 0 Å². The van der Waals surface area contributed by atoms with Gasteiger partial charge in [0.1, 0.15) is 5.82 Å². The number of aromatic nitrogens is 2. The van der Waals surface area contributed by atoms with E-state index in [1.54, 1.807) is 12.1 Å². The number of nitrogens with zero attached hydrogens (tertiary/aromatic N) is 2. The molecule has 0 aliphatic carbocycles. The molecular weight excluding hydrogens is 373 g/mol. The highest BCUT2D eigenvalue weighted by Crippen LogP contribution is 2.32. The van der Waals surface area contributed by atoms with Crippen molar-refractivity contribution >= 4 is 44.9 Å². The van der Waals surface area contributed by atoms with Crippen molar-refractivity contribution in [3.05, 3.63) is 38.4 Å². The first-order chi connectivity index (χ1) is 10.1. The molecule has 21 heavy (non-hydrogen) atoms. The van der Waals surface area contributed by atoms with Crippen LogP contribution in [0.15, 0.2) is 22.7 Å². The lowest BCUT2D eigenvalue weighted by Crippen LogP contribution is -2.07. The number of hydrogen-bond donors (Lipinski definition) is 1.